The van der Waals surface area contributed by atoms with Gasteiger partial charge in [-0.3, -0.25) is 9.80 Å². The second-order valence-corrected chi connectivity index (χ2v) is 10.6. The van der Waals surface area contributed by atoms with E-state index in [9.17, 15) is 18.0 Å². The highest BCUT2D eigenvalue weighted by molar-refractivity contribution is 5.95. The Labute approximate surface area is 208 Å². The number of alkyl halides is 3. The first-order valence-electron chi connectivity index (χ1n) is 11.8. The van der Waals surface area contributed by atoms with Gasteiger partial charge in [0.25, 0.3) is 5.91 Å². The van der Waals surface area contributed by atoms with Gasteiger partial charge in [0.1, 0.15) is 12.1 Å². The first-order valence-corrected chi connectivity index (χ1v) is 11.8. The van der Waals surface area contributed by atoms with Crippen molar-refractivity contribution < 1.29 is 18.0 Å². The van der Waals surface area contributed by atoms with Gasteiger partial charge in [0.2, 0.25) is 0 Å². The van der Waals surface area contributed by atoms with Gasteiger partial charge in [-0.15, -0.1) is 0 Å². The summed E-state index contributed by atoms with van der Waals surface area (Å²) in [6, 6.07) is 4.40. The quantitative estimate of drug-likeness (QED) is 0.542. The highest BCUT2D eigenvalue weighted by atomic mass is 19.4. The number of nitrogens with zero attached hydrogens (tertiary/aromatic N) is 3. The largest absolute Gasteiger partial charge is 0.416 e. The van der Waals surface area contributed by atoms with Gasteiger partial charge in [-0.2, -0.15) is 13.2 Å². The van der Waals surface area contributed by atoms with Crippen LogP contribution in [0.4, 0.5) is 24.8 Å². The molecule has 2 unspecified atom stereocenters. The third-order valence-corrected chi connectivity index (χ3v) is 6.58. The molecular weight excluding hydrogens is 469 g/mol. The summed E-state index contributed by atoms with van der Waals surface area (Å²) in [5, 5.41) is 4.76. The van der Waals surface area contributed by atoms with E-state index < -0.39 is 23.2 Å². The van der Waals surface area contributed by atoms with Gasteiger partial charge in [0.15, 0.2) is 5.82 Å². The molecule has 4 rings (SSSR count). The topological polar surface area (TPSA) is 96.2 Å². The number of carbonyl (C=O) groups excluding carboxylic acids is 1. The summed E-state index contributed by atoms with van der Waals surface area (Å²) in [5.41, 5.74) is 10.5. The van der Waals surface area contributed by atoms with Crippen molar-refractivity contribution in [2.75, 3.05) is 10.7 Å². The van der Waals surface area contributed by atoms with Crippen molar-refractivity contribution in [3.8, 4) is 0 Å². The zero-order valence-corrected chi connectivity index (χ0v) is 21.0. The van der Waals surface area contributed by atoms with E-state index in [1.807, 2.05) is 24.1 Å². The molecule has 36 heavy (non-hydrogen) atoms. The fourth-order valence-corrected chi connectivity index (χ4v) is 4.67. The molecule has 0 radical (unpaired) electrons. The van der Waals surface area contributed by atoms with E-state index in [4.69, 9.17) is 5.73 Å². The van der Waals surface area contributed by atoms with Crippen LogP contribution in [0, 0.1) is 5.92 Å². The van der Waals surface area contributed by atoms with Gasteiger partial charge in [-0.05, 0) is 70.7 Å². The van der Waals surface area contributed by atoms with Gasteiger partial charge in [-0.25, -0.2) is 15.4 Å². The van der Waals surface area contributed by atoms with Crippen molar-refractivity contribution in [1.29, 1.82) is 0 Å². The second kappa shape index (κ2) is 8.92. The van der Waals surface area contributed by atoms with Gasteiger partial charge >= 0.3 is 6.18 Å². The number of nitrogens with one attached hydrogen (secondary N) is 2. The zero-order chi connectivity index (χ0) is 26.5. The van der Waals surface area contributed by atoms with Crippen LogP contribution < -0.4 is 21.5 Å². The highest BCUT2D eigenvalue weighted by Gasteiger charge is 2.46. The van der Waals surface area contributed by atoms with Gasteiger partial charge in [0, 0.05) is 16.8 Å². The molecule has 1 aliphatic carbocycles. The number of hydrogen-bond acceptors (Lipinski definition) is 6. The van der Waals surface area contributed by atoms with Gasteiger partial charge < -0.3 is 11.1 Å². The lowest BCUT2D eigenvalue weighted by atomic mass is 9.80. The van der Waals surface area contributed by atoms with E-state index in [1.54, 1.807) is 0 Å². The first-order chi connectivity index (χ1) is 16.7. The predicted molar refractivity (Wildman–Crippen MR) is 133 cm³/mol. The van der Waals surface area contributed by atoms with Crippen LogP contribution in [-0.2, 0) is 11.7 Å². The summed E-state index contributed by atoms with van der Waals surface area (Å²) in [4.78, 5) is 21.5. The molecule has 2 heterocycles. The van der Waals surface area contributed by atoms with Crippen LogP contribution in [0.5, 0.6) is 0 Å². The zero-order valence-electron chi connectivity index (χ0n) is 21.0. The van der Waals surface area contributed by atoms with Crippen molar-refractivity contribution >= 4 is 17.5 Å². The predicted octanol–water partition coefficient (Wildman–Crippen LogP) is 5.09. The summed E-state index contributed by atoms with van der Waals surface area (Å²) in [6.45, 7) is 10.4. The van der Waals surface area contributed by atoms with Crippen LogP contribution in [0.3, 0.4) is 0 Å². The van der Waals surface area contributed by atoms with E-state index in [2.05, 4.69) is 48.4 Å². The van der Waals surface area contributed by atoms with Crippen LogP contribution in [0.2, 0.25) is 0 Å². The molecule has 1 aliphatic heterocycles. The third kappa shape index (κ3) is 4.95. The number of halogens is 3. The maximum Gasteiger partial charge on any atom is 0.416 e. The Hall–Kier alpha value is -3.40. The van der Waals surface area contributed by atoms with Crippen molar-refractivity contribution in [3.05, 3.63) is 70.7 Å². The number of carbonyl (C=O) groups is 1. The molecule has 0 saturated heterocycles. The van der Waals surface area contributed by atoms with E-state index in [-0.39, 0.29) is 17.0 Å². The average molecular weight is 501 g/mol. The number of fused-ring (bicyclic) bond motifs is 1. The molecule has 0 fully saturated rings. The summed E-state index contributed by atoms with van der Waals surface area (Å²) in [5.74, 6) is 0.732. The summed E-state index contributed by atoms with van der Waals surface area (Å²) < 4.78 is 39.2. The Morgan fingerprint density at radius 1 is 1.28 bits per heavy atom. The van der Waals surface area contributed by atoms with Crippen molar-refractivity contribution in [2.45, 2.75) is 64.7 Å². The highest BCUT2D eigenvalue weighted by Crippen LogP contribution is 2.46. The van der Waals surface area contributed by atoms with E-state index in [0.717, 1.165) is 29.1 Å². The third-order valence-electron chi connectivity index (χ3n) is 6.58. The molecule has 7 nitrogen and oxygen atoms in total. The fraction of sp³-hybridized carbons (Fsp3) is 0.423. The van der Waals surface area contributed by atoms with Gasteiger partial charge in [0.05, 0.1) is 16.7 Å². The average Bonchev–Trinajstić information content (AvgIpc) is 3.09. The van der Waals surface area contributed by atoms with E-state index in [0.29, 0.717) is 24.4 Å². The van der Waals surface area contributed by atoms with Crippen molar-refractivity contribution in [1.82, 2.24) is 20.7 Å². The number of amides is 1. The molecule has 1 amide bonds. The molecule has 1 aromatic carbocycles. The maximum atomic E-state index is 13.1. The van der Waals surface area contributed by atoms with E-state index in [1.165, 1.54) is 18.5 Å². The Kier molecular flexibility index (Phi) is 6.36. The number of anilines is 2. The Bertz CT molecular complexity index is 1250. The Morgan fingerprint density at radius 3 is 2.67 bits per heavy atom. The normalized spacial score (nSPS) is 22.1. The minimum atomic E-state index is -4.52. The number of aromatic nitrogens is 2. The van der Waals surface area contributed by atoms with Gasteiger partial charge in [-0.1, -0.05) is 24.6 Å². The summed E-state index contributed by atoms with van der Waals surface area (Å²) >= 11 is 0. The molecule has 0 bridgehead atoms. The summed E-state index contributed by atoms with van der Waals surface area (Å²) in [7, 11) is 0. The molecule has 2 aromatic rings. The van der Waals surface area contributed by atoms with Crippen LogP contribution in [0.1, 0.15) is 68.9 Å². The van der Waals surface area contributed by atoms with Crippen LogP contribution in [0.25, 0.3) is 0 Å². The van der Waals surface area contributed by atoms with Crippen LogP contribution >= 0.6 is 0 Å². The standard InChI is InChI=1S/C26H31F3N6O/c1-15-9-10-19(33-23(36)16-7-6-8-18(11-16)26(27,28)29)12-17(15)13-25(5)20-21(30)31-14-32-22(20)35(34-25)24(2,3)4/h6-8,10-12,14-15,34H,9,13H2,1-5H3,(H,33,36)(H2,30,31,32). The molecular formula is C26H31F3N6O. The monoisotopic (exact) mass is 500 g/mol. The minimum Gasteiger partial charge on any atom is -0.383 e. The number of rotatable bonds is 4. The number of nitrogen functional groups attached to an aromatic ring is 1. The fourth-order valence-electron chi connectivity index (χ4n) is 4.67. The first kappa shape index (κ1) is 25.7. The number of benzene rings is 1. The Morgan fingerprint density at radius 2 is 2.00 bits per heavy atom. The maximum absolute atomic E-state index is 13.1. The lowest BCUT2D eigenvalue weighted by Gasteiger charge is -2.37. The molecule has 4 N–H and O–H groups in total. The molecule has 2 atom stereocenters. The lowest BCUT2D eigenvalue weighted by molar-refractivity contribution is -0.137. The lowest BCUT2D eigenvalue weighted by Crippen LogP contribution is -2.53. The number of hydrazine groups is 1. The van der Waals surface area contributed by atoms with Crippen molar-refractivity contribution in [2.24, 2.45) is 5.92 Å². The SMILES string of the molecule is CC1CC=C(NC(=O)c2cccc(C(F)(F)F)c2)C=C1CC1(C)NN(C(C)(C)C)c2ncnc(N)c21. The molecule has 192 valence electrons. The molecule has 10 heteroatoms. The van der Waals surface area contributed by atoms with Crippen molar-refractivity contribution in [3.63, 3.8) is 0 Å². The molecule has 1 aromatic heterocycles. The van der Waals surface area contributed by atoms with Crippen LogP contribution in [-0.4, -0.2) is 21.4 Å². The molecule has 0 spiro atoms. The number of hydrogen-bond donors (Lipinski definition) is 3. The number of allylic oxidation sites excluding steroid dienone is 2. The van der Waals surface area contributed by atoms with Crippen LogP contribution in [0.15, 0.2) is 54.0 Å². The van der Waals surface area contributed by atoms with E-state index >= 15 is 0 Å². The molecule has 2 aliphatic rings. The smallest absolute Gasteiger partial charge is 0.383 e. The molecule has 0 saturated carbocycles. The Balaban J connectivity index is 1.59. The second-order valence-electron chi connectivity index (χ2n) is 10.6. The number of nitrogens with two attached hydrogens (primary N) is 1. The summed E-state index contributed by atoms with van der Waals surface area (Å²) in [6.07, 6.45) is 1.96. The minimum absolute atomic E-state index is 0.0524.